The maximum Gasteiger partial charge on any atom is 0.170 e. The predicted octanol–water partition coefficient (Wildman–Crippen LogP) is 3.36. The minimum absolute atomic E-state index is 0.573. The Balaban J connectivity index is 2.61. The highest BCUT2D eigenvalue weighted by Gasteiger charge is 2.20. The van der Waals surface area contributed by atoms with E-state index in [4.69, 9.17) is 0 Å². The molecule has 0 saturated carbocycles. The largest absolute Gasteiger partial charge is 0.316 e. The number of hydrogen-bond donors (Lipinski definition) is 1. The molecule has 1 aromatic heterocycles. The smallest absolute Gasteiger partial charge is 0.170 e. The molecule has 0 amide bonds. The second-order valence-electron chi connectivity index (χ2n) is 4.08. The fourth-order valence-electron chi connectivity index (χ4n) is 1.84. The van der Waals surface area contributed by atoms with E-state index < -0.39 is 0 Å². The molecule has 0 aliphatic carbocycles. The Bertz CT molecular complexity index is 314. The molecule has 0 radical (unpaired) electrons. The molecular weight excluding hydrogens is 250 g/mol. The Hall–Kier alpha value is -0.130. The minimum Gasteiger partial charge on any atom is -0.316 e. The van der Waals surface area contributed by atoms with Crippen LogP contribution in [0.25, 0.3) is 0 Å². The second kappa shape index (κ2) is 8.06. The summed E-state index contributed by atoms with van der Waals surface area (Å²) in [5.41, 5.74) is 0. The van der Waals surface area contributed by atoms with Gasteiger partial charge in [0.25, 0.3) is 0 Å². The summed E-state index contributed by atoms with van der Waals surface area (Å²) in [7, 11) is 2.06. The van der Waals surface area contributed by atoms with Crippen LogP contribution in [0, 0.1) is 0 Å². The van der Waals surface area contributed by atoms with E-state index in [9.17, 15) is 0 Å². The van der Waals surface area contributed by atoms with E-state index in [0.717, 1.165) is 23.0 Å². The number of aryl methyl sites for hydroxylation is 1. The Kier molecular flexibility index (Phi) is 7.08. The van der Waals surface area contributed by atoms with Crippen LogP contribution in [0.5, 0.6) is 0 Å². The number of thioether (sulfide) groups is 1. The number of nitrogens with zero attached hydrogens (tertiary/aromatic N) is 2. The van der Waals surface area contributed by atoms with Crippen LogP contribution in [0.4, 0.5) is 0 Å². The van der Waals surface area contributed by atoms with Crippen molar-refractivity contribution in [3.05, 3.63) is 5.82 Å². The molecular formula is C12H23N3S2. The van der Waals surface area contributed by atoms with Crippen molar-refractivity contribution in [2.45, 2.75) is 62.1 Å². The fraction of sp³-hybridized carbons (Fsp3) is 0.833. The van der Waals surface area contributed by atoms with Gasteiger partial charge in [0.05, 0.1) is 0 Å². The van der Waals surface area contributed by atoms with Gasteiger partial charge in [-0.05, 0) is 31.4 Å². The lowest BCUT2D eigenvalue weighted by Gasteiger charge is -2.24. The molecule has 1 N–H and O–H groups in total. The van der Waals surface area contributed by atoms with Gasteiger partial charge in [-0.25, -0.2) is 4.98 Å². The molecule has 2 unspecified atom stereocenters. The number of hydrogen-bond acceptors (Lipinski definition) is 5. The average molecular weight is 273 g/mol. The summed E-state index contributed by atoms with van der Waals surface area (Å²) in [6.45, 7) is 6.59. The molecule has 0 saturated heterocycles. The predicted molar refractivity (Wildman–Crippen MR) is 77.0 cm³/mol. The summed E-state index contributed by atoms with van der Waals surface area (Å²) in [6, 6.07) is 0.573. The van der Waals surface area contributed by atoms with Crippen molar-refractivity contribution in [3.8, 4) is 0 Å². The van der Waals surface area contributed by atoms with Gasteiger partial charge >= 0.3 is 0 Å². The van der Waals surface area contributed by atoms with Gasteiger partial charge in [0.2, 0.25) is 0 Å². The van der Waals surface area contributed by atoms with Crippen LogP contribution < -0.4 is 5.32 Å². The molecule has 1 heterocycles. The van der Waals surface area contributed by atoms with E-state index in [1.54, 1.807) is 0 Å². The van der Waals surface area contributed by atoms with Crippen molar-refractivity contribution in [2.75, 3.05) is 7.05 Å². The molecule has 0 aromatic carbocycles. The van der Waals surface area contributed by atoms with Crippen molar-refractivity contribution in [1.29, 1.82) is 0 Å². The minimum atomic E-state index is 0.573. The topological polar surface area (TPSA) is 37.8 Å². The molecule has 2 atom stereocenters. The third kappa shape index (κ3) is 4.56. The van der Waals surface area contributed by atoms with Gasteiger partial charge < -0.3 is 5.32 Å². The summed E-state index contributed by atoms with van der Waals surface area (Å²) in [5, 5.41) is 4.03. The van der Waals surface area contributed by atoms with Gasteiger partial charge in [-0.1, -0.05) is 39.0 Å². The third-order valence-corrected chi connectivity index (χ3v) is 5.16. The molecule has 0 bridgehead atoms. The van der Waals surface area contributed by atoms with Crippen LogP contribution in [0.2, 0.25) is 0 Å². The zero-order valence-corrected chi connectivity index (χ0v) is 12.8. The van der Waals surface area contributed by atoms with Crippen LogP contribution in [0.1, 0.15) is 45.9 Å². The van der Waals surface area contributed by atoms with E-state index in [2.05, 4.69) is 42.5 Å². The van der Waals surface area contributed by atoms with Gasteiger partial charge in [0, 0.05) is 17.7 Å². The van der Waals surface area contributed by atoms with E-state index in [1.807, 2.05) is 11.8 Å². The Morgan fingerprint density at radius 3 is 2.59 bits per heavy atom. The van der Waals surface area contributed by atoms with Crippen molar-refractivity contribution in [1.82, 2.24) is 14.7 Å². The van der Waals surface area contributed by atoms with Gasteiger partial charge in [0.15, 0.2) is 4.34 Å². The maximum absolute atomic E-state index is 4.54. The molecule has 0 fully saturated rings. The Morgan fingerprint density at radius 2 is 2.12 bits per heavy atom. The Morgan fingerprint density at radius 1 is 1.35 bits per heavy atom. The highest BCUT2D eigenvalue weighted by atomic mass is 32.2. The van der Waals surface area contributed by atoms with Gasteiger partial charge in [0.1, 0.15) is 5.82 Å². The summed E-state index contributed by atoms with van der Waals surface area (Å²) in [5.74, 6) is 0.976. The van der Waals surface area contributed by atoms with E-state index in [1.165, 1.54) is 24.4 Å². The summed E-state index contributed by atoms with van der Waals surface area (Å²) >= 11 is 3.42. The lowest BCUT2D eigenvalue weighted by Crippen LogP contribution is -2.35. The van der Waals surface area contributed by atoms with Gasteiger partial charge in [-0.2, -0.15) is 4.37 Å². The van der Waals surface area contributed by atoms with Crippen molar-refractivity contribution >= 4 is 23.3 Å². The van der Waals surface area contributed by atoms with E-state index in [-0.39, 0.29) is 0 Å². The second-order valence-corrected chi connectivity index (χ2v) is 6.32. The average Bonchev–Trinajstić information content (AvgIpc) is 2.81. The number of nitrogens with one attached hydrogen (secondary N) is 1. The molecule has 98 valence electrons. The summed E-state index contributed by atoms with van der Waals surface area (Å²) in [6.07, 6.45) is 4.54. The molecule has 0 aliphatic heterocycles. The van der Waals surface area contributed by atoms with E-state index in [0.29, 0.717) is 11.3 Å². The molecule has 3 nitrogen and oxygen atoms in total. The van der Waals surface area contributed by atoms with Crippen molar-refractivity contribution < 1.29 is 0 Å². The zero-order valence-electron chi connectivity index (χ0n) is 11.2. The SMILES string of the molecule is CCCC(NC)C(CC)Sc1nc(CC)ns1. The fourth-order valence-corrected chi connectivity index (χ4v) is 4.01. The van der Waals surface area contributed by atoms with Crippen LogP contribution >= 0.6 is 23.3 Å². The van der Waals surface area contributed by atoms with Gasteiger partial charge in [-0.3, -0.25) is 0 Å². The Labute approximate surface area is 113 Å². The molecule has 1 rings (SSSR count). The first-order valence-corrected chi connectivity index (χ1v) is 8.06. The molecule has 17 heavy (non-hydrogen) atoms. The molecule has 5 heteroatoms. The van der Waals surface area contributed by atoms with Crippen LogP contribution in [-0.2, 0) is 6.42 Å². The first-order valence-electron chi connectivity index (χ1n) is 6.41. The zero-order chi connectivity index (χ0) is 12.7. The van der Waals surface area contributed by atoms with Crippen molar-refractivity contribution in [2.24, 2.45) is 0 Å². The van der Waals surface area contributed by atoms with Crippen LogP contribution in [0.3, 0.4) is 0 Å². The molecule has 1 aromatic rings. The van der Waals surface area contributed by atoms with Crippen LogP contribution in [-0.4, -0.2) is 27.7 Å². The quantitative estimate of drug-likeness (QED) is 0.737. The number of aromatic nitrogens is 2. The monoisotopic (exact) mass is 273 g/mol. The standard InChI is InChI=1S/C12H23N3S2/c1-5-8-9(13-4)10(6-2)16-12-14-11(7-3)15-17-12/h9-10,13H,5-8H2,1-4H3. The summed E-state index contributed by atoms with van der Waals surface area (Å²) < 4.78 is 5.46. The summed E-state index contributed by atoms with van der Waals surface area (Å²) in [4.78, 5) is 4.54. The highest BCUT2D eigenvalue weighted by Crippen LogP contribution is 2.30. The van der Waals surface area contributed by atoms with Crippen LogP contribution in [0.15, 0.2) is 4.34 Å². The normalized spacial score (nSPS) is 14.8. The molecule has 0 aliphatic rings. The van der Waals surface area contributed by atoms with Gasteiger partial charge in [-0.15, -0.1) is 0 Å². The lowest BCUT2D eigenvalue weighted by atomic mass is 10.1. The highest BCUT2D eigenvalue weighted by molar-refractivity contribution is 8.01. The van der Waals surface area contributed by atoms with E-state index >= 15 is 0 Å². The third-order valence-electron chi connectivity index (χ3n) is 2.84. The first kappa shape index (κ1) is 14.9. The first-order chi connectivity index (χ1) is 8.24. The maximum atomic E-state index is 4.54. The van der Waals surface area contributed by atoms with Crippen molar-refractivity contribution in [3.63, 3.8) is 0 Å². The molecule has 0 spiro atoms. The number of rotatable bonds is 8. The lowest BCUT2D eigenvalue weighted by molar-refractivity contribution is 0.490.